The number of aryl methyl sites for hydroxylation is 1. The minimum atomic E-state index is -4.84. The van der Waals surface area contributed by atoms with Gasteiger partial charge >= 0.3 is 6.36 Å². The molecule has 0 amide bonds. The van der Waals surface area contributed by atoms with E-state index in [4.69, 9.17) is 10.9 Å². The topological polar surface area (TPSA) is 88.1 Å². The maximum absolute atomic E-state index is 12.9. The first-order chi connectivity index (χ1) is 14.7. The molecule has 0 fully saturated rings. The van der Waals surface area contributed by atoms with Crippen LogP contribution in [0.1, 0.15) is 24.5 Å². The van der Waals surface area contributed by atoms with Crippen LogP contribution in [0.2, 0.25) is 0 Å². The number of para-hydroxylation sites is 1. The van der Waals surface area contributed by atoms with Gasteiger partial charge in [0.2, 0.25) is 0 Å². The zero-order valence-electron chi connectivity index (χ0n) is 16.6. The number of oxime groups is 1. The zero-order valence-corrected chi connectivity index (χ0v) is 16.6. The van der Waals surface area contributed by atoms with Gasteiger partial charge in [0.05, 0.1) is 5.56 Å². The Balaban J connectivity index is 2.24. The summed E-state index contributed by atoms with van der Waals surface area (Å²) >= 11 is 0. The second-order valence-corrected chi connectivity index (χ2v) is 6.89. The highest BCUT2D eigenvalue weighted by Gasteiger charge is 2.32. The molecule has 3 aromatic rings. The number of benzene rings is 3. The van der Waals surface area contributed by atoms with Crippen LogP contribution in [0.15, 0.2) is 65.8 Å². The van der Waals surface area contributed by atoms with Crippen molar-refractivity contribution in [3.63, 3.8) is 0 Å². The molecule has 0 saturated carbocycles. The van der Waals surface area contributed by atoms with Gasteiger partial charge in [0.1, 0.15) is 11.5 Å². The number of aromatic hydroxyl groups is 1. The van der Waals surface area contributed by atoms with Crippen molar-refractivity contribution in [2.75, 3.05) is 0 Å². The molecule has 0 spiro atoms. The highest BCUT2D eigenvalue weighted by atomic mass is 19.4. The van der Waals surface area contributed by atoms with Crippen molar-refractivity contribution in [2.24, 2.45) is 10.9 Å². The smallest absolute Gasteiger partial charge is 0.507 e. The lowest BCUT2D eigenvalue weighted by atomic mass is 9.90. The second-order valence-electron chi connectivity index (χ2n) is 6.89. The zero-order chi connectivity index (χ0) is 22.6. The van der Waals surface area contributed by atoms with E-state index in [9.17, 15) is 18.3 Å². The Labute approximate surface area is 177 Å². The number of hydrogen-bond acceptors (Lipinski definition) is 4. The van der Waals surface area contributed by atoms with Crippen LogP contribution >= 0.6 is 0 Å². The summed E-state index contributed by atoms with van der Waals surface area (Å²) in [6, 6.07) is 15.9. The Morgan fingerprint density at radius 1 is 1.00 bits per heavy atom. The first-order valence-corrected chi connectivity index (χ1v) is 9.53. The van der Waals surface area contributed by atoms with E-state index in [2.05, 4.69) is 9.89 Å². The summed E-state index contributed by atoms with van der Waals surface area (Å²) in [4.78, 5) is 0. The number of phenols is 1. The van der Waals surface area contributed by atoms with Gasteiger partial charge in [-0.1, -0.05) is 61.0 Å². The summed E-state index contributed by atoms with van der Waals surface area (Å²) < 4.78 is 43.1. The van der Waals surface area contributed by atoms with Gasteiger partial charge in [-0.2, -0.15) is 0 Å². The predicted octanol–water partition coefficient (Wildman–Crippen LogP) is 5.67. The van der Waals surface area contributed by atoms with Crippen LogP contribution in [0.4, 0.5) is 13.2 Å². The molecule has 3 rings (SSSR count). The van der Waals surface area contributed by atoms with Crippen molar-refractivity contribution in [1.29, 1.82) is 0 Å². The van der Waals surface area contributed by atoms with Gasteiger partial charge in [-0.05, 0) is 46.9 Å². The molecule has 0 aliphatic rings. The number of nitrogens with zero attached hydrogens (tertiary/aromatic N) is 1. The molecular formula is C23H21F3N2O3. The van der Waals surface area contributed by atoms with Crippen LogP contribution in [0.3, 0.4) is 0 Å². The Bertz CT molecular complexity index is 1110. The molecule has 0 unspecified atom stereocenters. The highest BCUT2D eigenvalue weighted by Crippen LogP contribution is 2.40. The number of ether oxygens (including phenoxy) is 1. The van der Waals surface area contributed by atoms with E-state index in [-0.39, 0.29) is 28.5 Å². The second kappa shape index (κ2) is 8.99. The number of hydrogen-bond donors (Lipinski definition) is 3. The molecule has 0 aliphatic heterocycles. The van der Waals surface area contributed by atoms with Crippen molar-refractivity contribution in [2.45, 2.75) is 26.1 Å². The minimum Gasteiger partial charge on any atom is -0.507 e. The third kappa shape index (κ3) is 5.09. The number of phenolic OH excluding ortho intramolecular Hbond substituents is 1. The maximum Gasteiger partial charge on any atom is 0.573 e. The fourth-order valence-electron chi connectivity index (χ4n) is 3.37. The lowest BCUT2D eigenvalue weighted by molar-refractivity contribution is -0.274. The molecule has 0 aliphatic carbocycles. The Kier molecular flexibility index (Phi) is 6.39. The molecular weight excluding hydrogens is 409 g/mol. The van der Waals surface area contributed by atoms with Crippen molar-refractivity contribution < 1.29 is 28.2 Å². The summed E-state index contributed by atoms with van der Waals surface area (Å²) in [7, 11) is 0. The molecule has 0 atom stereocenters. The summed E-state index contributed by atoms with van der Waals surface area (Å²) in [6.07, 6.45) is -3.17. The first kappa shape index (κ1) is 22.0. The van der Waals surface area contributed by atoms with Crippen molar-refractivity contribution in [1.82, 2.24) is 0 Å². The van der Waals surface area contributed by atoms with Crippen LogP contribution in [0.5, 0.6) is 11.5 Å². The van der Waals surface area contributed by atoms with Gasteiger partial charge in [0.15, 0.2) is 5.84 Å². The van der Waals surface area contributed by atoms with Gasteiger partial charge in [-0.25, -0.2) is 0 Å². The van der Waals surface area contributed by atoms with E-state index in [0.717, 1.165) is 18.4 Å². The number of rotatable bonds is 6. The SMILES string of the molecule is CCCc1ccc(-c2ccccc2OC(F)(F)F)c(-c2ccc(O)c(/C(N)=N/O)c2)c1. The molecule has 0 saturated heterocycles. The fourth-order valence-corrected chi connectivity index (χ4v) is 3.37. The number of nitrogens with two attached hydrogens (primary N) is 1. The Morgan fingerprint density at radius 2 is 1.74 bits per heavy atom. The molecule has 0 bridgehead atoms. The van der Waals surface area contributed by atoms with Crippen molar-refractivity contribution in [3.05, 3.63) is 71.8 Å². The van der Waals surface area contributed by atoms with Gasteiger partial charge in [-0.15, -0.1) is 13.2 Å². The van der Waals surface area contributed by atoms with Crippen molar-refractivity contribution in [3.8, 4) is 33.8 Å². The normalized spacial score (nSPS) is 12.1. The first-order valence-electron chi connectivity index (χ1n) is 9.53. The Morgan fingerprint density at radius 3 is 2.42 bits per heavy atom. The van der Waals surface area contributed by atoms with Gasteiger partial charge in [0, 0.05) is 5.56 Å². The van der Waals surface area contributed by atoms with Crippen molar-refractivity contribution >= 4 is 5.84 Å². The largest absolute Gasteiger partial charge is 0.573 e. The number of alkyl halides is 3. The quantitative estimate of drug-likeness (QED) is 0.203. The number of amidine groups is 1. The molecule has 8 heteroatoms. The predicted molar refractivity (Wildman–Crippen MR) is 112 cm³/mol. The third-order valence-corrected chi connectivity index (χ3v) is 4.72. The average molecular weight is 430 g/mol. The molecule has 0 radical (unpaired) electrons. The fraction of sp³-hybridized carbons (Fsp3) is 0.174. The molecule has 31 heavy (non-hydrogen) atoms. The van der Waals surface area contributed by atoms with E-state index in [1.54, 1.807) is 24.3 Å². The van der Waals surface area contributed by atoms with Gasteiger partial charge in [-0.3, -0.25) is 0 Å². The Hall–Kier alpha value is -3.68. The maximum atomic E-state index is 12.9. The van der Waals surface area contributed by atoms with Crippen LogP contribution < -0.4 is 10.5 Å². The number of halogens is 3. The summed E-state index contributed by atoms with van der Waals surface area (Å²) in [5.41, 5.74) is 8.72. The molecule has 3 aromatic carbocycles. The van der Waals surface area contributed by atoms with E-state index in [0.29, 0.717) is 16.7 Å². The minimum absolute atomic E-state index is 0.103. The molecule has 5 nitrogen and oxygen atoms in total. The van der Waals surface area contributed by atoms with Gasteiger partial charge < -0.3 is 20.8 Å². The van der Waals surface area contributed by atoms with Crippen LogP contribution in [-0.2, 0) is 6.42 Å². The van der Waals surface area contributed by atoms with Gasteiger partial charge in [0.25, 0.3) is 0 Å². The monoisotopic (exact) mass is 430 g/mol. The van der Waals surface area contributed by atoms with E-state index in [1.165, 1.54) is 24.3 Å². The summed E-state index contributed by atoms with van der Waals surface area (Å²) in [6.45, 7) is 2.02. The lowest BCUT2D eigenvalue weighted by Crippen LogP contribution is -2.17. The van der Waals surface area contributed by atoms with Crippen LogP contribution in [0, 0.1) is 0 Å². The summed E-state index contributed by atoms with van der Waals surface area (Å²) in [5, 5.41) is 22.0. The molecule has 162 valence electrons. The van der Waals surface area contributed by atoms with Crippen LogP contribution in [-0.4, -0.2) is 22.5 Å². The molecule has 0 heterocycles. The lowest BCUT2D eigenvalue weighted by Gasteiger charge is -2.17. The van der Waals surface area contributed by atoms with E-state index < -0.39 is 6.36 Å². The van der Waals surface area contributed by atoms with E-state index in [1.807, 2.05) is 19.1 Å². The highest BCUT2D eigenvalue weighted by molar-refractivity contribution is 6.01. The summed E-state index contributed by atoms with van der Waals surface area (Å²) in [5.74, 6) is -0.799. The molecule has 4 N–H and O–H groups in total. The van der Waals surface area contributed by atoms with Crippen LogP contribution in [0.25, 0.3) is 22.3 Å². The molecule has 0 aromatic heterocycles. The standard InChI is InChI=1S/C23H21F3N2O3/c1-2-5-14-8-10-16(17-6-3-4-7-21(17)31-23(24,25)26)18(12-14)15-9-11-20(29)19(13-15)22(27)28-30/h3-4,6-13,29-30H,2,5H2,1H3,(H2,27,28). The van der Waals surface area contributed by atoms with E-state index >= 15 is 0 Å². The average Bonchev–Trinajstić information content (AvgIpc) is 2.73. The third-order valence-electron chi connectivity index (χ3n) is 4.72.